The van der Waals surface area contributed by atoms with E-state index < -0.39 is 0 Å². The molecule has 0 spiro atoms. The number of hydrogen-bond donors (Lipinski definition) is 1. The molecule has 2 aromatic rings. The smallest absolute Gasteiger partial charge is 0.133 e. The zero-order valence-electron chi connectivity index (χ0n) is 12.6. The quantitative estimate of drug-likeness (QED) is 0.414. The molecule has 2 aromatic carbocycles. The van der Waals surface area contributed by atoms with Crippen LogP contribution in [0.4, 0.5) is 0 Å². The maximum Gasteiger partial charge on any atom is 0.133 e. The molecule has 5 heteroatoms. The lowest BCUT2D eigenvalue weighted by Gasteiger charge is -2.12. The zero-order valence-corrected chi connectivity index (χ0v) is 15.0. The third-order valence-corrected chi connectivity index (χ3v) is 4.01. The Morgan fingerprint density at radius 2 is 1.83 bits per heavy atom. The Morgan fingerprint density at radius 3 is 2.48 bits per heavy atom. The number of ether oxygens (including phenoxy) is 2. The molecule has 0 bridgehead atoms. The maximum atomic E-state index is 5.78. The van der Waals surface area contributed by atoms with E-state index in [0.717, 1.165) is 33.5 Å². The first-order valence-corrected chi connectivity index (χ1v) is 8.35. The molecule has 0 amide bonds. The lowest BCUT2D eigenvalue weighted by atomic mass is 10.1. The van der Waals surface area contributed by atoms with Crippen molar-refractivity contribution in [2.24, 2.45) is 5.73 Å². The molecular weight excluding hydrogens is 374 g/mol. The first-order chi connectivity index (χ1) is 11.1. The van der Waals surface area contributed by atoms with Crippen molar-refractivity contribution in [3.8, 4) is 11.5 Å². The molecule has 0 atom stereocenters. The summed E-state index contributed by atoms with van der Waals surface area (Å²) in [7, 11) is 0. The van der Waals surface area contributed by atoms with Crippen molar-refractivity contribution in [1.29, 1.82) is 0 Å². The van der Waals surface area contributed by atoms with Crippen LogP contribution in [0.25, 0.3) is 0 Å². The van der Waals surface area contributed by atoms with Gasteiger partial charge in [-0.15, -0.1) is 6.58 Å². The Labute approximate surface area is 150 Å². The van der Waals surface area contributed by atoms with Gasteiger partial charge in [0, 0.05) is 5.56 Å². The Morgan fingerprint density at radius 1 is 1.13 bits per heavy atom. The second-order valence-electron chi connectivity index (χ2n) is 4.81. The van der Waals surface area contributed by atoms with Crippen LogP contribution in [0.15, 0.2) is 59.6 Å². The van der Waals surface area contributed by atoms with Gasteiger partial charge in [0.2, 0.25) is 0 Å². The molecule has 3 nitrogen and oxygen atoms in total. The average Bonchev–Trinajstić information content (AvgIpc) is 2.54. The summed E-state index contributed by atoms with van der Waals surface area (Å²) >= 11 is 8.40. The second-order valence-corrected chi connectivity index (χ2v) is 6.10. The maximum absolute atomic E-state index is 5.78. The minimum Gasteiger partial charge on any atom is -0.490 e. The summed E-state index contributed by atoms with van der Waals surface area (Å²) in [6.07, 6.45) is 2.64. The number of hydrogen-bond acceptors (Lipinski definition) is 3. The second kappa shape index (κ2) is 8.70. The number of allylic oxidation sites excluding steroid dienone is 1. The van der Waals surface area contributed by atoms with Gasteiger partial charge in [-0.1, -0.05) is 36.5 Å². The molecule has 23 heavy (non-hydrogen) atoms. The summed E-state index contributed by atoms with van der Waals surface area (Å²) in [5.74, 6) is 1.59. The third kappa shape index (κ3) is 5.08. The van der Waals surface area contributed by atoms with Crippen LogP contribution in [0.2, 0.25) is 0 Å². The van der Waals surface area contributed by atoms with E-state index in [1.807, 2.05) is 48.5 Å². The van der Waals surface area contributed by atoms with Crippen LogP contribution in [0.5, 0.6) is 11.5 Å². The Kier molecular flexibility index (Phi) is 6.62. The van der Waals surface area contributed by atoms with Gasteiger partial charge in [0.1, 0.15) is 29.7 Å². The fourth-order valence-electron chi connectivity index (χ4n) is 2.04. The summed E-state index contributed by atoms with van der Waals surface area (Å²) in [6.45, 7) is 4.65. The highest BCUT2D eigenvalue weighted by Gasteiger charge is 2.05. The minimum absolute atomic E-state index is 0.361. The number of thiocarbonyl (C=S) groups is 1. The summed E-state index contributed by atoms with van der Waals surface area (Å²) in [6, 6.07) is 13.4. The summed E-state index contributed by atoms with van der Waals surface area (Å²) in [5, 5.41) is 0. The van der Waals surface area contributed by atoms with Crippen LogP contribution in [0.1, 0.15) is 11.1 Å². The van der Waals surface area contributed by atoms with Crippen LogP contribution in [0, 0.1) is 0 Å². The molecule has 120 valence electrons. The molecule has 2 rings (SSSR count). The third-order valence-electron chi connectivity index (χ3n) is 3.15. The molecule has 0 saturated heterocycles. The van der Waals surface area contributed by atoms with Gasteiger partial charge < -0.3 is 15.2 Å². The van der Waals surface area contributed by atoms with Gasteiger partial charge in [0.25, 0.3) is 0 Å². The minimum atomic E-state index is 0.361. The van der Waals surface area contributed by atoms with Crippen molar-refractivity contribution in [2.75, 3.05) is 13.2 Å². The Balaban J connectivity index is 1.88. The van der Waals surface area contributed by atoms with Gasteiger partial charge in [-0.25, -0.2) is 0 Å². The predicted octanol–water partition coefficient (Wildman–Crippen LogP) is 4.27. The number of para-hydroxylation sites is 1. The Hall–Kier alpha value is -1.85. The van der Waals surface area contributed by atoms with Crippen molar-refractivity contribution < 1.29 is 9.47 Å². The van der Waals surface area contributed by atoms with Crippen molar-refractivity contribution in [3.05, 3.63) is 70.7 Å². The molecule has 0 unspecified atom stereocenters. The molecule has 0 aliphatic rings. The molecule has 2 N–H and O–H groups in total. The molecule has 0 aliphatic carbocycles. The zero-order chi connectivity index (χ0) is 16.7. The highest BCUT2D eigenvalue weighted by molar-refractivity contribution is 9.10. The van der Waals surface area contributed by atoms with Crippen LogP contribution in [-0.4, -0.2) is 18.2 Å². The van der Waals surface area contributed by atoms with Crippen molar-refractivity contribution in [1.82, 2.24) is 0 Å². The monoisotopic (exact) mass is 391 g/mol. The van der Waals surface area contributed by atoms with E-state index in [1.54, 1.807) is 0 Å². The van der Waals surface area contributed by atoms with Gasteiger partial charge in [0.15, 0.2) is 0 Å². The number of rotatable bonds is 8. The van der Waals surface area contributed by atoms with Crippen LogP contribution in [-0.2, 0) is 6.42 Å². The highest BCUT2D eigenvalue weighted by Crippen LogP contribution is 2.26. The van der Waals surface area contributed by atoms with Gasteiger partial charge in [-0.05, 0) is 52.2 Å². The van der Waals surface area contributed by atoms with Gasteiger partial charge in [0.05, 0.1) is 4.47 Å². The van der Waals surface area contributed by atoms with Crippen LogP contribution < -0.4 is 15.2 Å². The summed E-state index contributed by atoms with van der Waals surface area (Å²) in [5.41, 5.74) is 7.52. The first-order valence-electron chi connectivity index (χ1n) is 7.15. The van der Waals surface area contributed by atoms with E-state index in [4.69, 9.17) is 27.4 Å². The highest BCUT2D eigenvalue weighted by atomic mass is 79.9. The number of halogens is 1. The van der Waals surface area contributed by atoms with Gasteiger partial charge >= 0.3 is 0 Å². The molecule has 0 fully saturated rings. The van der Waals surface area contributed by atoms with Gasteiger partial charge in [-0.3, -0.25) is 0 Å². The van der Waals surface area contributed by atoms with E-state index in [2.05, 4.69) is 22.5 Å². The molecular formula is C18H18BrNO2S. The Bertz CT molecular complexity index is 703. The van der Waals surface area contributed by atoms with Gasteiger partial charge in [-0.2, -0.15) is 0 Å². The van der Waals surface area contributed by atoms with Crippen molar-refractivity contribution in [2.45, 2.75) is 6.42 Å². The fourth-order valence-corrected chi connectivity index (χ4v) is 2.66. The van der Waals surface area contributed by atoms with Crippen molar-refractivity contribution in [3.63, 3.8) is 0 Å². The largest absolute Gasteiger partial charge is 0.490 e. The SMILES string of the molecule is C=CCc1ccccc1OCCOc1ccc(C(N)=S)cc1Br. The standard InChI is InChI=1S/C18H18BrNO2S/c1-2-5-13-6-3-4-7-16(13)21-10-11-22-17-9-8-14(18(20)23)12-15(17)19/h2-4,6-9,12H,1,5,10-11H2,(H2,20,23). The van der Waals surface area contributed by atoms with E-state index in [0.29, 0.717) is 18.2 Å². The normalized spacial score (nSPS) is 10.1. The predicted molar refractivity (Wildman–Crippen MR) is 101 cm³/mol. The molecule has 0 aromatic heterocycles. The van der Waals surface area contributed by atoms with E-state index in [1.165, 1.54) is 0 Å². The van der Waals surface area contributed by atoms with Crippen molar-refractivity contribution >= 4 is 33.1 Å². The lowest BCUT2D eigenvalue weighted by molar-refractivity contribution is 0.215. The fraction of sp³-hybridized carbons (Fsp3) is 0.167. The van der Waals surface area contributed by atoms with E-state index >= 15 is 0 Å². The van der Waals surface area contributed by atoms with E-state index in [9.17, 15) is 0 Å². The molecule has 0 radical (unpaired) electrons. The summed E-state index contributed by atoms with van der Waals surface area (Å²) < 4.78 is 12.3. The average molecular weight is 392 g/mol. The number of nitrogens with two attached hydrogens (primary N) is 1. The van der Waals surface area contributed by atoms with Crippen LogP contribution >= 0.6 is 28.1 Å². The van der Waals surface area contributed by atoms with E-state index in [-0.39, 0.29) is 0 Å². The lowest BCUT2D eigenvalue weighted by Crippen LogP contribution is -2.11. The van der Waals surface area contributed by atoms with Crippen LogP contribution in [0.3, 0.4) is 0 Å². The topological polar surface area (TPSA) is 44.5 Å². The molecule has 0 saturated carbocycles. The molecule has 0 heterocycles. The summed E-state index contributed by atoms with van der Waals surface area (Å²) in [4.78, 5) is 0.361. The number of benzene rings is 2. The first kappa shape index (κ1) is 17.5. The molecule has 0 aliphatic heterocycles.